The van der Waals surface area contributed by atoms with E-state index < -0.39 is 12.0 Å². The molecule has 6 nitrogen and oxygen atoms in total. The van der Waals surface area contributed by atoms with Gasteiger partial charge in [-0.05, 0) is 48.7 Å². The van der Waals surface area contributed by atoms with Crippen LogP contribution in [0.5, 0.6) is 0 Å². The number of carbonyl (C=O) groups excluding carboxylic acids is 1. The summed E-state index contributed by atoms with van der Waals surface area (Å²) in [5.41, 5.74) is 4.47. The Morgan fingerprint density at radius 3 is 2.28 bits per heavy atom. The molecule has 2 aromatic carbocycles. The summed E-state index contributed by atoms with van der Waals surface area (Å²) in [7, 11) is 0. The van der Waals surface area contributed by atoms with E-state index in [0.717, 1.165) is 44.3 Å². The average molecular weight is 491 g/mol. The Bertz CT molecular complexity index is 1060. The van der Waals surface area contributed by atoms with Gasteiger partial charge in [-0.25, -0.2) is 5.01 Å². The first kappa shape index (κ1) is 22.9. The molecular weight excluding hydrogens is 469 g/mol. The van der Waals surface area contributed by atoms with Crippen molar-refractivity contribution in [2.45, 2.75) is 31.7 Å². The van der Waals surface area contributed by atoms with E-state index in [1.54, 1.807) is 35.3 Å². The van der Waals surface area contributed by atoms with Crippen LogP contribution in [0.15, 0.2) is 47.6 Å². The van der Waals surface area contributed by atoms with Crippen LogP contribution in [-0.2, 0) is 4.79 Å². The number of amides is 1. The van der Waals surface area contributed by atoms with Crippen LogP contribution >= 0.6 is 34.8 Å². The number of hydrogen-bond donors (Lipinski definition) is 1. The van der Waals surface area contributed by atoms with Crippen molar-refractivity contribution in [2.24, 2.45) is 11.0 Å². The molecule has 1 amide bonds. The number of benzene rings is 2. The van der Waals surface area contributed by atoms with E-state index in [1.807, 2.05) is 17.1 Å². The molecule has 4 rings (SSSR count). The van der Waals surface area contributed by atoms with E-state index in [2.05, 4.69) is 16.6 Å². The number of rotatable bonds is 4. The Hall–Kier alpha value is -2.30. The Balaban J connectivity index is 1.71. The second-order valence-corrected chi connectivity index (χ2v) is 9.15. The lowest BCUT2D eigenvalue weighted by molar-refractivity contribution is -0.119. The normalized spacial score (nSPS) is 21.6. The third-order valence-electron chi connectivity index (χ3n) is 5.69. The van der Waals surface area contributed by atoms with Crippen LogP contribution in [0.3, 0.4) is 0 Å². The molecule has 32 heavy (non-hydrogen) atoms. The van der Waals surface area contributed by atoms with E-state index >= 15 is 0 Å². The summed E-state index contributed by atoms with van der Waals surface area (Å²) < 4.78 is 0. The lowest BCUT2D eigenvalue weighted by Crippen LogP contribution is -2.46. The first-order valence-corrected chi connectivity index (χ1v) is 11.6. The lowest BCUT2D eigenvalue weighted by Gasteiger charge is -2.26. The molecule has 2 atom stereocenters. The van der Waals surface area contributed by atoms with Crippen LogP contribution < -0.4 is 10.4 Å². The first-order chi connectivity index (χ1) is 15.5. The van der Waals surface area contributed by atoms with Crippen LogP contribution in [-0.4, -0.2) is 29.7 Å². The minimum atomic E-state index is -0.796. The van der Waals surface area contributed by atoms with E-state index in [1.165, 1.54) is 0 Å². The molecule has 1 saturated heterocycles. The van der Waals surface area contributed by atoms with Crippen LogP contribution in [0.4, 0.5) is 5.69 Å². The number of carbonyl (C=O) groups is 1. The van der Waals surface area contributed by atoms with Crippen molar-refractivity contribution in [3.05, 3.63) is 63.1 Å². The summed E-state index contributed by atoms with van der Waals surface area (Å²) in [5, 5.41) is 19.7. The highest BCUT2D eigenvalue weighted by molar-refractivity contribution is 6.41. The van der Waals surface area contributed by atoms with E-state index in [-0.39, 0.29) is 11.6 Å². The summed E-state index contributed by atoms with van der Waals surface area (Å²) in [6.07, 6.45) is 4.34. The monoisotopic (exact) mass is 489 g/mol. The molecule has 2 unspecified atom stereocenters. The quantitative estimate of drug-likeness (QED) is 0.604. The number of hydrazone groups is 1. The molecule has 0 saturated carbocycles. The molecule has 1 N–H and O–H groups in total. The summed E-state index contributed by atoms with van der Waals surface area (Å²) >= 11 is 18.6. The third kappa shape index (κ3) is 4.87. The lowest BCUT2D eigenvalue weighted by atomic mass is 9.90. The number of halogens is 3. The first-order valence-electron chi connectivity index (χ1n) is 10.5. The van der Waals surface area contributed by atoms with Crippen LogP contribution in [0, 0.1) is 17.2 Å². The van der Waals surface area contributed by atoms with Gasteiger partial charge < -0.3 is 0 Å². The number of hydrazine groups is 1. The zero-order valence-corrected chi connectivity index (χ0v) is 19.5. The molecule has 0 bridgehead atoms. The van der Waals surface area contributed by atoms with Gasteiger partial charge in [0.1, 0.15) is 11.6 Å². The third-order valence-corrected chi connectivity index (χ3v) is 6.48. The van der Waals surface area contributed by atoms with Gasteiger partial charge in [0.25, 0.3) is 5.91 Å². The zero-order valence-electron chi connectivity index (χ0n) is 17.3. The van der Waals surface area contributed by atoms with E-state index in [0.29, 0.717) is 20.8 Å². The molecule has 0 radical (unpaired) electrons. The molecule has 166 valence electrons. The second kappa shape index (κ2) is 10.1. The van der Waals surface area contributed by atoms with Gasteiger partial charge in [-0.3, -0.25) is 15.2 Å². The minimum absolute atomic E-state index is 0.155. The van der Waals surface area contributed by atoms with Gasteiger partial charge in [0.05, 0.1) is 22.8 Å². The fraction of sp³-hybridized carbons (Fsp3) is 0.348. The predicted molar refractivity (Wildman–Crippen MR) is 128 cm³/mol. The molecule has 2 aromatic rings. The molecule has 2 heterocycles. The second-order valence-electron chi connectivity index (χ2n) is 7.87. The van der Waals surface area contributed by atoms with Crippen LogP contribution in [0.25, 0.3) is 0 Å². The smallest absolute Gasteiger partial charge is 0.283 e. The highest BCUT2D eigenvalue weighted by atomic mass is 35.5. The van der Waals surface area contributed by atoms with Gasteiger partial charge in [-0.1, -0.05) is 59.8 Å². The Labute approximate surface area is 202 Å². The highest BCUT2D eigenvalue weighted by Gasteiger charge is 2.43. The largest absolute Gasteiger partial charge is 0.284 e. The fourth-order valence-corrected chi connectivity index (χ4v) is 4.72. The number of hydrogen-bond acceptors (Lipinski definition) is 5. The van der Waals surface area contributed by atoms with Crippen molar-refractivity contribution in [3.63, 3.8) is 0 Å². The van der Waals surface area contributed by atoms with Crippen molar-refractivity contribution >= 4 is 52.1 Å². The zero-order chi connectivity index (χ0) is 22.7. The van der Waals surface area contributed by atoms with Crippen LogP contribution in [0.2, 0.25) is 15.1 Å². The summed E-state index contributed by atoms with van der Waals surface area (Å²) in [5.74, 6) is -1.17. The maximum absolute atomic E-state index is 13.2. The van der Waals surface area contributed by atoms with Crippen molar-refractivity contribution in [3.8, 4) is 6.07 Å². The van der Waals surface area contributed by atoms with Crippen molar-refractivity contribution in [1.82, 2.24) is 10.4 Å². The van der Waals surface area contributed by atoms with Gasteiger partial charge >= 0.3 is 0 Å². The van der Waals surface area contributed by atoms with Crippen molar-refractivity contribution in [1.29, 1.82) is 5.26 Å². The summed E-state index contributed by atoms with van der Waals surface area (Å²) in [6, 6.07) is 14.0. The Kier molecular flexibility index (Phi) is 7.22. The molecule has 2 aliphatic rings. The Morgan fingerprint density at radius 1 is 1.00 bits per heavy atom. The Morgan fingerprint density at radius 2 is 1.66 bits per heavy atom. The standard InChI is InChI=1S/C23H22Cl3N5O/c24-16-7-5-15(6-8-16)22-18(14-27)21(23(32)29-30-11-3-1-2-4-12-30)28-31(22)20-10-9-17(25)13-19(20)26/h5-10,13,18,22H,1-4,11-12H2,(H,29,32). The minimum Gasteiger partial charge on any atom is -0.284 e. The van der Waals surface area contributed by atoms with Crippen molar-refractivity contribution < 1.29 is 4.79 Å². The molecule has 0 aromatic heterocycles. The van der Waals surface area contributed by atoms with Gasteiger partial charge in [0.2, 0.25) is 0 Å². The number of nitrogens with zero attached hydrogens (tertiary/aromatic N) is 4. The molecular formula is C23H22Cl3N5O. The van der Waals surface area contributed by atoms with Gasteiger partial charge in [-0.15, -0.1) is 0 Å². The molecule has 1 fully saturated rings. The molecule has 0 spiro atoms. The van der Waals surface area contributed by atoms with Gasteiger partial charge in [0.15, 0.2) is 0 Å². The van der Waals surface area contributed by atoms with Gasteiger partial charge in [0, 0.05) is 23.1 Å². The topological polar surface area (TPSA) is 71.7 Å². The maximum Gasteiger partial charge on any atom is 0.283 e. The average Bonchev–Trinajstić information content (AvgIpc) is 2.96. The number of nitrogens with one attached hydrogen (secondary N) is 1. The summed E-state index contributed by atoms with van der Waals surface area (Å²) in [6.45, 7) is 1.56. The molecule has 2 aliphatic heterocycles. The number of anilines is 1. The molecule has 9 heteroatoms. The van der Waals surface area contributed by atoms with E-state index in [9.17, 15) is 10.1 Å². The van der Waals surface area contributed by atoms with Crippen LogP contribution in [0.1, 0.15) is 37.3 Å². The van der Waals surface area contributed by atoms with Crippen molar-refractivity contribution in [2.75, 3.05) is 18.1 Å². The summed E-state index contributed by atoms with van der Waals surface area (Å²) in [4.78, 5) is 13.2. The number of nitriles is 1. The highest BCUT2D eigenvalue weighted by Crippen LogP contribution is 2.42. The SMILES string of the molecule is N#CC1C(C(=O)NN2CCCCCC2)=NN(c2ccc(Cl)cc2Cl)C1c1ccc(Cl)cc1. The van der Waals surface area contributed by atoms with Gasteiger partial charge in [-0.2, -0.15) is 10.4 Å². The van der Waals surface area contributed by atoms with E-state index in [4.69, 9.17) is 34.8 Å². The molecule has 0 aliphatic carbocycles. The fourth-order valence-electron chi connectivity index (χ4n) is 4.10. The predicted octanol–water partition coefficient (Wildman–Crippen LogP) is 5.61. The maximum atomic E-state index is 13.2.